The van der Waals surface area contributed by atoms with E-state index in [9.17, 15) is 9.90 Å². The highest BCUT2D eigenvalue weighted by molar-refractivity contribution is 5.87. The minimum absolute atomic E-state index is 0.0784. The number of hydrogen-bond donors (Lipinski definition) is 1. The molecule has 4 aliphatic carbocycles. The topological polar surface area (TPSA) is 49.8 Å². The zero-order chi connectivity index (χ0) is 26.9. The predicted molar refractivity (Wildman–Crippen MR) is 153 cm³/mol. The zero-order valence-corrected chi connectivity index (χ0v) is 24.3. The number of carbonyl (C=O) groups is 1. The summed E-state index contributed by atoms with van der Waals surface area (Å²) in [6.45, 7) is 13.2. The highest BCUT2D eigenvalue weighted by Crippen LogP contribution is 2.66. The summed E-state index contributed by atoms with van der Waals surface area (Å²) >= 11 is 0. The molecule has 1 saturated heterocycles. The molecular weight excluding hydrogens is 468 g/mol. The van der Waals surface area contributed by atoms with Crippen molar-refractivity contribution in [3.05, 3.63) is 58.7 Å². The highest BCUT2D eigenvalue weighted by Gasteiger charge is 2.56. The summed E-state index contributed by atoms with van der Waals surface area (Å²) in [5.74, 6) is 3.08. The van der Waals surface area contributed by atoms with Crippen LogP contribution in [0.1, 0.15) is 114 Å². The highest BCUT2D eigenvalue weighted by atomic mass is 16.6. The Hall–Kier alpha value is -1.87. The maximum Gasteiger partial charge on any atom is 0.335 e. The zero-order valence-electron chi connectivity index (χ0n) is 24.3. The Labute approximate surface area is 230 Å². The summed E-state index contributed by atoms with van der Waals surface area (Å²) in [6.07, 6.45) is 16.6. The van der Waals surface area contributed by atoms with E-state index in [0.29, 0.717) is 34.1 Å². The molecule has 1 aromatic rings. The Bertz CT molecular complexity index is 1160. The Balaban J connectivity index is 1.19. The van der Waals surface area contributed by atoms with Crippen molar-refractivity contribution in [1.82, 2.24) is 0 Å². The maximum absolute atomic E-state index is 11.5. The van der Waals surface area contributed by atoms with Gasteiger partial charge in [0, 0.05) is 5.92 Å². The molecule has 3 fully saturated rings. The van der Waals surface area contributed by atoms with Gasteiger partial charge in [0.1, 0.15) is 0 Å². The number of fused-ring (bicyclic) bond motifs is 4. The molecule has 206 valence electrons. The fourth-order valence-electron chi connectivity index (χ4n) is 9.65. The largest absolute Gasteiger partial charge is 0.478 e. The molecule has 0 amide bonds. The van der Waals surface area contributed by atoms with Crippen LogP contribution >= 0.6 is 0 Å². The van der Waals surface area contributed by atoms with Gasteiger partial charge in [-0.25, -0.2) is 4.79 Å². The van der Waals surface area contributed by atoms with Crippen molar-refractivity contribution in [3.63, 3.8) is 0 Å². The Kier molecular flexibility index (Phi) is 6.49. The van der Waals surface area contributed by atoms with Gasteiger partial charge in [0.2, 0.25) is 0 Å². The average molecular weight is 517 g/mol. The van der Waals surface area contributed by atoms with E-state index in [2.05, 4.69) is 52.8 Å². The summed E-state index contributed by atoms with van der Waals surface area (Å²) < 4.78 is 5.70. The Morgan fingerprint density at radius 1 is 1.05 bits per heavy atom. The number of hydrogen-bond acceptors (Lipinski definition) is 2. The van der Waals surface area contributed by atoms with Crippen LogP contribution in [-0.4, -0.2) is 23.3 Å². The third-order valence-electron chi connectivity index (χ3n) is 12.6. The van der Waals surface area contributed by atoms with Gasteiger partial charge < -0.3 is 9.84 Å². The molecule has 9 atom stereocenters. The molecule has 2 saturated carbocycles. The molecule has 1 N–H and O–H groups in total. The van der Waals surface area contributed by atoms with Crippen LogP contribution in [0.15, 0.2) is 47.6 Å². The molecule has 1 heterocycles. The third kappa shape index (κ3) is 4.23. The first-order valence-electron chi connectivity index (χ1n) is 15.4. The fourth-order valence-corrected chi connectivity index (χ4v) is 9.65. The Morgan fingerprint density at radius 3 is 2.58 bits per heavy atom. The number of epoxide rings is 1. The molecular formula is C35H48O3. The first-order chi connectivity index (χ1) is 18.0. The minimum Gasteiger partial charge on any atom is -0.478 e. The van der Waals surface area contributed by atoms with Crippen molar-refractivity contribution in [2.75, 3.05) is 6.61 Å². The molecule has 0 radical (unpaired) electrons. The van der Waals surface area contributed by atoms with E-state index in [0.717, 1.165) is 24.4 Å². The molecule has 1 aliphatic heterocycles. The van der Waals surface area contributed by atoms with Gasteiger partial charge in [-0.1, -0.05) is 63.1 Å². The number of allylic oxidation sites excluding steroid dienone is 3. The van der Waals surface area contributed by atoms with Crippen LogP contribution in [0.5, 0.6) is 0 Å². The van der Waals surface area contributed by atoms with Gasteiger partial charge in [-0.2, -0.15) is 0 Å². The van der Waals surface area contributed by atoms with Crippen LogP contribution in [-0.2, 0) is 4.74 Å². The number of benzene rings is 1. The lowest BCUT2D eigenvalue weighted by Crippen LogP contribution is -2.44. The second-order valence-electron chi connectivity index (χ2n) is 14.4. The normalized spacial score (nSPS) is 41.8. The van der Waals surface area contributed by atoms with Gasteiger partial charge in [-0.3, -0.25) is 0 Å². The summed E-state index contributed by atoms with van der Waals surface area (Å²) in [5.41, 5.74) is 6.24. The van der Waals surface area contributed by atoms with E-state index in [1.165, 1.54) is 63.4 Å². The van der Waals surface area contributed by atoms with E-state index in [4.69, 9.17) is 4.74 Å². The van der Waals surface area contributed by atoms with Crippen molar-refractivity contribution < 1.29 is 14.6 Å². The van der Waals surface area contributed by atoms with E-state index in [-0.39, 0.29) is 5.60 Å². The molecule has 38 heavy (non-hydrogen) atoms. The lowest BCUT2D eigenvalue weighted by Gasteiger charge is -2.55. The second kappa shape index (κ2) is 9.36. The van der Waals surface area contributed by atoms with Crippen molar-refractivity contribution >= 4 is 5.97 Å². The number of carboxylic acids is 1. The van der Waals surface area contributed by atoms with E-state index < -0.39 is 5.97 Å². The van der Waals surface area contributed by atoms with Crippen LogP contribution in [0.2, 0.25) is 0 Å². The predicted octanol–water partition coefficient (Wildman–Crippen LogP) is 8.81. The molecule has 3 heteroatoms. The van der Waals surface area contributed by atoms with Crippen LogP contribution < -0.4 is 0 Å². The van der Waals surface area contributed by atoms with Crippen LogP contribution in [0.3, 0.4) is 0 Å². The molecule has 0 spiro atoms. The van der Waals surface area contributed by atoms with Crippen molar-refractivity contribution in [2.24, 2.45) is 40.4 Å². The quantitative estimate of drug-likeness (QED) is 0.303. The first kappa shape index (κ1) is 26.4. The van der Waals surface area contributed by atoms with Gasteiger partial charge >= 0.3 is 5.97 Å². The van der Waals surface area contributed by atoms with Crippen molar-refractivity contribution in [1.29, 1.82) is 0 Å². The van der Waals surface area contributed by atoms with Gasteiger partial charge in [0.15, 0.2) is 0 Å². The van der Waals surface area contributed by atoms with Gasteiger partial charge in [0.05, 0.1) is 17.8 Å². The monoisotopic (exact) mass is 516 g/mol. The summed E-state index contributed by atoms with van der Waals surface area (Å²) in [7, 11) is 0. The maximum atomic E-state index is 11.5. The molecule has 1 unspecified atom stereocenters. The van der Waals surface area contributed by atoms with Gasteiger partial charge in [0.25, 0.3) is 0 Å². The molecule has 6 rings (SSSR count). The lowest BCUT2D eigenvalue weighted by molar-refractivity contribution is 0.0682. The van der Waals surface area contributed by atoms with Gasteiger partial charge in [-0.05, 0) is 123 Å². The van der Waals surface area contributed by atoms with Crippen LogP contribution in [0.4, 0.5) is 0 Å². The van der Waals surface area contributed by atoms with Crippen molar-refractivity contribution in [2.45, 2.75) is 104 Å². The van der Waals surface area contributed by atoms with E-state index in [1.807, 2.05) is 23.3 Å². The molecule has 3 nitrogen and oxygen atoms in total. The van der Waals surface area contributed by atoms with E-state index in [1.54, 1.807) is 6.07 Å². The molecule has 0 aromatic heterocycles. The number of ether oxygens (including phenoxy) is 1. The average Bonchev–Trinajstić information content (AvgIpc) is 3.55. The Morgan fingerprint density at radius 2 is 1.84 bits per heavy atom. The lowest BCUT2D eigenvalue weighted by atomic mass is 9.49. The third-order valence-corrected chi connectivity index (χ3v) is 12.6. The van der Waals surface area contributed by atoms with Crippen LogP contribution in [0, 0.1) is 40.4 Å². The van der Waals surface area contributed by atoms with E-state index >= 15 is 0 Å². The standard InChI is InChI=1S/C35H48O3/c1-22(9-10-23(2)35(5)21-38-35)29-13-14-30-28-12-11-27-20-25(24-7-6-8-26(19-24)32(36)37)15-17-33(27,3)31(28)16-18-34(29,30)4/h6-10,19,22-23,25,27,29-30H,11-18,20-21H2,1-5H3,(H,36,37)/t22-,23+,25+,27+,29-,30+,33+,34-,35?/m1/s1. The van der Waals surface area contributed by atoms with Crippen LogP contribution in [0.25, 0.3) is 0 Å². The second-order valence-corrected chi connectivity index (χ2v) is 14.4. The SMILES string of the molecule is C[C@H](C=C[C@H](C)C1(C)CO1)[C@H]1CC[C@H]2C3=C(CC[C@]12C)[C@@]1(C)CC[C@H](c2cccc(C(=O)O)c2)C[C@@H]1CC3. The number of aromatic carboxylic acids is 1. The molecule has 1 aromatic carbocycles. The summed E-state index contributed by atoms with van der Waals surface area (Å²) in [4.78, 5) is 11.5. The van der Waals surface area contributed by atoms with Gasteiger partial charge in [-0.15, -0.1) is 0 Å². The number of carboxylic acid groups (broad SMARTS) is 1. The summed E-state index contributed by atoms with van der Waals surface area (Å²) in [6, 6.07) is 7.75. The minimum atomic E-state index is -0.814. The summed E-state index contributed by atoms with van der Waals surface area (Å²) in [5, 5.41) is 9.49. The first-order valence-corrected chi connectivity index (χ1v) is 15.4. The number of rotatable bonds is 6. The fraction of sp³-hybridized carbons (Fsp3) is 0.686. The smallest absolute Gasteiger partial charge is 0.335 e. The molecule has 0 bridgehead atoms. The van der Waals surface area contributed by atoms with Crippen molar-refractivity contribution in [3.8, 4) is 0 Å². The molecule has 5 aliphatic rings.